The average molecular weight is 476 g/mol. The zero-order chi connectivity index (χ0) is 24.3. The minimum Gasteiger partial charge on any atom is -0.362 e. The molecule has 0 aliphatic heterocycles. The highest BCUT2D eigenvalue weighted by molar-refractivity contribution is 7.95. The van der Waals surface area contributed by atoms with Crippen LogP contribution in [0.5, 0.6) is 0 Å². The molecule has 0 aliphatic carbocycles. The van der Waals surface area contributed by atoms with Crippen LogP contribution in [0, 0.1) is 6.92 Å². The Morgan fingerprint density at radius 2 is 1.94 bits per heavy atom. The van der Waals surface area contributed by atoms with E-state index >= 15 is 0 Å². The molecule has 0 atom stereocenters. The van der Waals surface area contributed by atoms with Crippen LogP contribution < -0.4 is 20.9 Å². The van der Waals surface area contributed by atoms with Gasteiger partial charge < -0.3 is 10.6 Å². The third kappa shape index (κ3) is 4.70. The molecule has 0 amide bonds. The van der Waals surface area contributed by atoms with Crippen molar-refractivity contribution in [2.45, 2.75) is 6.92 Å². The predicted octanol–water partition coefficient (Wildman–Crippen LogP) is 3.88. The Morgan fingerprint density at radius 3 is 2.71 bits per heavy atom. The molecular formula is C25H25N5O3S. The van der Waals surface area contributed by atoms with E-state index in [1.165, 1.54) is 6.07 Å². The molecule has 9 heteroatoms. The highest BCUT2D eigenvalue weighted by Gasteiger charge is 2.14. The zero-order valence-electron chi connectivity index (χ0n) is 18.9. The molecule has 4 aromatic rings. The van der Waals surface area contributed by atoms with E-state index in [0.717, 1.165) is 33.9 Å². The van der Waals surface area contributed by atoms with E-state index < -0.39 is 10.0 Å². The molecule has 0 fully saturated rings. The second kappa shape index (κ2) is 9.50. The normalized spacial score (nSPS) is 11.8. The van der Waals surface area contributed by atoms with Crippen LogP contribution in [0.2, 0.25) is 0 Å². The summed E-state index contributed by atoms with van der Waals surface area (Å²) in [4.78, 5) is 17.6. The van der Waals surface area contributed by atoms with E-state index in [4.69, 9.17) is 0 Å². The van der Waals surface area contributed by atoms with Gasteiger partial charge in [-0.05, 0) is 62.1 Å². The van der Waals surface area contributed by atoms with Crippen LogP contribution in [0.3, 0.4) is 0 Å². The van der Waals surface area contributed by atoms with Crippen LogP contribution >= 0.6 is 0 Å². The number of nitrogens with one attached hydrogen (secondary N) is 3. The van der Waals surface area contributed by atoms with Gasteiger partial charge in [-0.15, -0.1) is 0 Å². The summed E-state index contributed by atoms with van der Waals surface area (Å²) in [5.74, 6) is 0. The molecule has 34 heavy (non-hydrogen) atoms. The van der Waals surface area contributed by atoms with E-state index in [1.807, 2.05) is 37.5 Å². The maximum Gasteiger partial charge on any atom is 0.255 e. The Kier molecular flexibility index (Phi) is 6.49. The number of likely N-dealkylation sites (N-methyl/N-ethyl adjacent to an activating group) is 1. The fraction of sp³-hybridized carbons (Fsp3) is 0.120. The number of aromatic nitrogens is 2. The highest BCUT2D eigenvalue weighted by atomic mass is 32.2. The largest absolute Gasteiger partial charge is 0.362 e. The number of pyridine rings is 2. The third-order valence-electron chi connectivity index (χ3n) is 5.36. The first-order valence-corrected chi connectivity index (χ1v) is 12.1. The lowest BCUT2D eigenvalue weighted by Gasteiger charge is -2.15. The lowest BCUT2D eigenvalue weighted by molar-refractivity contribution is 0.609. The molecule has 0 spiro atoms. The van der Waals surface area contributed by atoms with Crippen molar-refractivity contribution in [2.75, 3.05) is 23.6 Å². The minimum absolute atomic E-state index is 0.242. The van der Waals surface area contributed by atoms with Crippen LogP contribution in [0.25, 0.3) is 27.5 Å². The molecule has 3 N–H and O–H groups in total. The van der Waals surface area contributed by atoms with E-state index in [-0.39, 0.29) is 5.56 Å². The molecule has 0 saturated carbocycles. The van der Waals surface area contributed by atoms with E-state index in [0.29, 0.717) is 22.5 Å². The summed E-state index contributed by atoms with van der Waals surface area (Å²) in [5, 5.41) is 8.70. The molecule has 0 radical (unpaired) electrons. The van der Waals surface area contributed by atoms with Crippen LogP contribution in [-0.2, 0) is 10.0 Å². The van der Waals surface area contributed by atoms with Crippen molar-refractivity contribution in [3.8, 4) is 5.69 Å². The van der Waals surface area contributed by atoms with E-state index in [1.54, 1.807) is 42.0 Å². The third-order valence-corrected chi connectivity index (χ3v) is 6.30. The van der Waals surface area contributed by atoms with Gasteiger partial charge in [0.25, 0.3) is 15.6 Å². The van der Waals surface area contributed by atoms with Gasteiger partial charge in [0.15, 0.2) is 0 Å². The van der Waals surface area contributed by atoms with Crippen LogP contribution in [-0.4, -0.2) is 31.6 Å². The number of anilines is 2. The fourth-order valence-electron chi connectivity index (χ4n) is 3.64. The van der Waals surface area contributed by atoms with Gasteiger partial charge in [0, 0.05) is 40.7 Å². The summed E-state index contributed by atoms with van der Waals surface area (Å²) in [5.41, 5.74) is 3.64. The molecule has 0 bridgehead atoms. The molecular weight excluding hydrogens is 450 g/mol. The van der Waals surface area contributed by atoms with Gasteiger partial charge >= 0.3 is 0 Å². The molecule has 0 saturated heterocycles. The van der Waals surface area contributed by atoms with Gasteiger partial charge in [0.05, 0.1) is 22.4 Å². The second-order valence-corrected chi connectivity index (χ2v) is 9.35. The first kappa shape index (κ1) is 23.2. The van der Waals surface area contributed by atoms with Crippen molar-refractivity contribution in [1.82, 2.24) is 14.9 Å². The van der Waals surface area contributed by atoms with Crippen molar-refractivity contribution in [3.05, 3.63) is 94.9 Å². The van der Waals surface area contributed by atoms with Crippen LogP contribution in [0.15, 0.2) is 83.8 Å². The molecule has 8 nitrogen and oxygen atoms in total. The summed E-state index contributed by atoms with van der Waals surface area (Å²) in [7, 11) is -1.83. The van der Waals surface area contributed by atoms with Gasteiger partial charge in [-0.3, -0.25) is 19.1 Å². The quantitative estimate of drug-likeness (QED) is 0.334. The fourth-order valence-corrected chi connectivity index (χ4v) is 4.25. The Bertz CT molecular complexity index is 1590. The Morgan fingerprint density at radius 1 is 1.12 bits per heavy atom. The first-order valence-electron chi connectivity index (χ1n) is 10.6. The van der Waals surface area contributed by atoms with Gasteiger partial charge in [-0.25, -0.2) is 8.42 Å². The highest BCUT2D eigenvalue weighted by Crippen LogP contribution is 2.29. The van der Waals surface area contributed by atoms with Crippen LogP contribution in [0.1, 0.15) is 5.56 Å². The molecule has 0 unspecified atom stereocenters. The zero-order valence-corrected chi connectivity index (χ0v) is 19.7. The lowest BCUT2D eigenvalue weighted by atomic mass is 10.1. The summed E-state index contributed by atoms with van der Waals surface area (Å²) < 4.78 is 28.2. The number of hydrogen-bond acceptors (Lipinski definition) is 6. The number of benzene rings is 2. The van der Waals surface area contributed by atoms with Gasteiger partial charge in [-0.1, -0.05) is 18.7 Å². The minimum atomic E-state index is -3.70. The van der Waals surface area contributed by atoms with Gasteiger partial charge in [0.1, 0.15) is 0 Å². The SMILES string of the molecule is C=CS(=O)(=O)Nc1cc(-n2c(=O)ccc3cnc4ccc(N/C=C\CNC)cc4c32)ccc1C. The van der Waals surface area contributed by atoms with Crippen molar-refractivity contribution in [2.24, 2.45) is 0 Å². The number of hydrogen-bond donors (Lipinski definition) is 3. The smallest absolute Gasteiger partial charge is 0.255 e. The summed E-state index contributed by atoms with van der Waals surface area (Å²) in [6.45, 7) is 5.86. The topological polar surface area (TPSA) is 105 Å². The Labute approximate surface area is 197 Å². The monoisotopic (exact) mass is 475 g/mol. The number of nitrogens with zero attached hydrogens (tertiary/aromatic N) is 2. The van der Waals surface area contributed by atoms with Crippen LogP contribution in [0.4, 0.5) is 11.4 Å². The standard InChI is InChI=1S/C25H25N5O3S/c1-4-34(32,33)29-23-15-20(9-6-17(23)2)30-24(31)11-7-18-16-28-22-10-8-19(14-21(22)25(18)30)27-13-5-12-26-3/h4-11,13-16,26-27,29H,1,12H2,2-3H3/b13-5-. The van der Waals surface area contributed by atoms with Crippen molar-refractivity contribution in [1.29, 1.82) is 0 Å². The Hall–Kier alpha value is -3.95. The van der Waals surface area contributed by atoms with Crippen molar-refractivity contribution in [3.63, 3.8) is 0 Å². The summed E-state index contributed by atoms with van der Waals surface area (Å²) >= 11 is 0. The second-order valence-electron chi connectivity index (χ2n) is 7.72. The van der Waals surface area contributed by atoms with Gasteiger partial charge in [-0.2, -0.15) is 0 Å². The van der Waals surface area contributed by atoms with E-state index in [9.17, 15) is 13.2 Å². The number of rotatable bonds is 8. The maximum absolute atomic E-state index is 13.1. The van der Waals surface area contributed by atoms with Crippen molar-refractivity contribution >= 4 is 43.2 Å². The maximum atomic E-state index is 13.1. The van der Waals surface area contributed by atoms with Crippen molar-refractivity contribution < 1.29 is 8.42 Å². The predicted molar refractivity (Wildman–Crippen MR) is 139 cm³/mol. The number of fused-ring (bicyclic) bond motifs is 3. The Balaban J connectivity index is 1.94. The average Bonchev–Trinajstić information content (AvgIpc) is 2.83. The van der Waals surface area contributed by atoms with E-state index in [2.05, 4.69) is 26.9 Å². The molecule has 2 aromatic carbocycles. The molecule has 0 aliphatic rings. The molecule has 174 valence electrons. The molecule has 2 heterocycles. The number of sulfonamides is 1. The first-order chi connectivity index (χ1) is 16.3. The summed E-state index contributed by atoms with van der Waals surface area (Å²) in [6, 6.07) is 14.2. The number of aryl methyl sites for hydroxylation is 1. The molecule has 2 aromatic heterocycles. The lowest BCUT2D eigenvalue weighted by Crippen LogP contribution is -2.18. The summed E-state index contributed by atoms with van der Waals surface area (Å²) in [6.07, 6.45) is 5.53. The van der Waals surface area contributed by atoms with Gasteiger partial charge in [0.2, 0.25) is 0 Å². The molecule has 4 rings (SSSR count).